The van der Waals surface area contributed by atoms with E-state index >= 15 is 0 Å². The lowest BCUT2D eigenvalue weighted by Crippen LogP contribution is -2.20. The van der Waals surface area contributed by atoms with E-state index in [-0.39, 0.29) is 0 Å². The van der Waals surface area contributed by atoms with Gasteiger partial charge in [-0.25, -0.2) is 0 Å². The third-order valence-corrected chi connectivity index (χ3v) is 3.42. The van der Waals surface area contributed by atoms with Crippen LogP contribution in [0.4, 0.5) is 0 Å². The third kappa shape index (κ3) is 5.79. The molecule has 0 radical (unpaired) electrons. The fourth-order valence-corrected chi connectivity index (χ4v) is 2.14. The lowest BCUT2D eigenvalue weighted by molar-refractivity contribution is 0.314. The molecule has 0 aromatic heterocycles. The Balaban J connectivity index is 2.75. The number of nitrogens with one attached hydrogen (secondary N) is 1. The summed E-state index contributed by atoms with van der Waals surface area (Å²) in [7, 11) is 0. The summed E-state index contributed by atoms with van der Waals surface area (Å²) in [6, 6.07) is 6.52. The van der Waals surface area contributed by atoms with Crippen molar-refractivity contribution in [1.82, 2.24) is 5.32 Å². The molecule has 1 N–H and O–H groups in total. The van der Waals surface area contributed by atoms with Gasteiger partial charge in [0.2, 0.25) is 0 Å². The zero-order valence-electron chi connectivity index (χ0n) is 12.1. The first-order valence-electron chi connectivity index (χ1n) is 6.84. The lowest BCUT2D eigenvalue weighted by atomic mass is 10.1. The molecule has 1 unspecified atom stereocenters. The lowest BCUT2D eigenvalue weighted by Gasteiger charge is -2.18. The van der Waals surface area contributed by atoms with Crippen LogP contribution in [0.5, 0.6) is 5.75 Å². The Morgan fingerprint density at radius 3 is 2.84 bits per heavy atom. The van der Waals surface area contributed by atoms with Crippen molar-refractivity contribution in [2.75, 3.05) is 13.2 Å². The van der Waals surface area contributed by atoms with Gasteiger partial charge in [-0.3, -0.25) is 0 Å². The van der Waals surface area contributed by atoms with E-state index in [1.807, 2.05) is 13.0 Å². The minimum Gasteiger partial charge on any atom is -0.493 e. The van der Waals surface area contributed by atoms with Crippen LogP contribution in [0.1, 0.15) is 45.2 Å². The van der Waals surface area contributed by atoms with Crippen LogP contribution < -0.4 is 10.1 Å². The second kappa shape index (κ2) is 8.39. The van der Waals surface area contributed by atoms with Crippen LogP contribution in [-0.2, 0) is 0 Å². The summed E-state index contributed by atoms with van der Waals surface area (Å²) in [5.74, 6) is 0.951. The van der Waals surface area contributed by atoms with Crippen LogP contribution in [0.25, 0.3) is 0 Å². The van der Waals surface area contributed by atoms with E-state index in [9.17, 15) is 0 Å². The van der Waals surface area contributed by atoms with Gasteiger partial charge in [-0.1, -0.05) is 34.5 Å². The highest BCUT2D eigenvalue weighted by atomic mass is 79.9. The van der Waals surface area contributed by atoms with Crippen molar-refractivity contribution < 1.29 is 4.74 Å². The van der Waals surface area contributed by atoms with Gasteiger partial charge >= 0.3 is 0 Å². The molecule has 1 aromatic carbocycles. The Morgan fingerprint density at radius 2 is 2.21 bits per heavy atom. The predicted molar refractivity (Wildman–Crippen MR) is 85.8 cm³/mol. The average molecular weight is 326 g/mol. The summed E-state index contributed by atoms with van der Waals surface area (Å²) in [6.45, 7) is 12.0. The van der Waals surface area contributed by atoms with Gasteiger partial charge in [0.25, 0.3) is 0 Å². The summed E-state index contributed by atoms with van der Waals surface area (Å²) >= 11 is 3.50. The molecular weight excluding hydrogens is 302 g/mol. The van der Waals surface area contributed by atoms with Gasteiger partial charge < -0.3 is 10.1 Å². The Morgan fingerprint density at radius 1 is 1.47 bits per heavy atom. The van der Waals surface area contributed by atoms with Crippen molar-refractivity contribution in [3.8, 4) is 5.75 Å². The number of ether oxygens (including phenoxy) is 1. The molecule has 0 amide bonds. The fraction of sp³-hybridized carbons (Fsp3) is 0.500. The predicted octanol–water partition coefficient (Wildman–Crippen LogP) is 4.85. The maximum atomic E-state index is 5.90. The molecule has 0 fully saturated rings. The van der Waals surface area contributed by atoms with Crippen molar-refractivity contribution in [2.45, 2.75) is 39.7 Å². The molecule has 1 rings (SSSR count). The van der Waals surface area contributed by atoms with E-state index in [1.54, 1.807) is 0 Å². The highest BCUT2D eigenvalue weighted by Crippen LogP contribution is 2.29. The maximum Gasteiger partial charge on any atom is 0.125 e. The molecule has 106 valence electrons. The number of halogens is 1. The van der Waals surface area contributed by atoms with Crippen molar-refractivity contribution in [1.29, 1.82) is 0 Å². The molecule has 0 heterocycles. The molecule has 0 spiro atoms. The normalized spacial score (nSPS) is 12.2. The topological polar surface area (TPSA) is 21.3 Å². The van der Waals surface area contributed by atoms with Crippen LogP contribution in [0, 0.1) is 0 Å². The molecule has 0 saturated carbocycles. The Hall–Kier alpha value is -0.800. The monoisotopic (exact) mass is 325 g/mol. The summed E-state index contributed by atoms with van der Waals surface area (Å²) in [5.41, 5.74) is 2.35. The van der Waals surface area contributed by atoms with E-state index in [2.05, 4.69) is 53.8 Å². The first-order valence-corrected chi connectivity index (χ1v) is 7.64. The van der Waals surface area contributed by atoms with E-state index in [4.69, 9.17) is 4.74 Å². The van der Waals surface area contributed by atoms with E-state index < -0.39 is 0 Å². The van der Waals surface area contributed by atoms with Crippen LogP contribution >= 0.6 is 15.9 Å². The summed E-state index contributed by atoms with van der Waals surface area (Å²) in [6.07, 6.45) is 2.02. The first kappa shape index (κ1) is 16.3. The Bertz CT molecular complexity index is 417. The van der Waals surface area contributed by atoms with E-state index in [0.717, 1.165) is 35.2 Å². The van der Waals surface area contributed by atoms with E-state index in [1.165, 1.54) is 5.56 Å². The van der Waals surface area contributed by atoms with Gasteiger partial charge in [-0.15, -0.1) is 6.58 Å². The fourth-order valence-electron chi connectivity index (χ4n) is 1.80. The standard InChI is InChI=1S/C16H24BrNO/c1-5-9-18-13(4)15-7-6-14(17)11-16(15)19-10-8-12(2)3/h6-7,11,13,18H,2,5,8-10H2,1,3-4H3. The molecule has 0 bridgehead atoms. The number of benzene rings is 1. The summed E-state index contributed by atoms with van der Waals surface area (Å²) < 4.78 is 6.94. The van der Waals surface area contributed by atoms with Crippen molar-refractivity contribution in [2.24, 2.45) is 0 Å². The molecule has 0 aliphatic rings. The van der Waals surface area contributed by atoms with E-state index in [0.29, 0.717) is 12.6 Å². The third-order valence-electron chi connectivity index (χ3n) is 2.93. The summed E-state index contributed by atoms with van der Waals surface area (Å²) in [4.78, 5) is 0. The van der Waals surface area contributed by atoms with Crippen LogP contribution in [0.3, 0.4) is 0 Å². The smallest absolute Gasteiger partial charge is 0.125 e. The minimum absolute atomic E-state index is 0.299. The SMILES string of the molecule is C=C(C)CCOc1cc(Br)ccc1C(C)NCCC. The number of hydrogen-bond acceptors (Lipinski definition) is 2. The molecule has 0 aliphatic carbocycles. The maximum absolute atomic E-state index is 5.90. The number of rotatable bonds is 8. The van der Waals surface area contributed by atoms with Gasteiger partial charge in [-0.2, -0.15) is 0 Å². The highest BCUT2D eigenvalue weighted by Gasteiger charge is 2.11. The molecule has 1 atom stereocenters. The van der Waals surface area contributed by atoms with Crippen LogP contribution in [0.2, 0.25) is 0 Å². The van der Waals surface area contributed by atoms with Gasteiger partial charge in [0.15, 0.2) is 0 Å². The Kier molecular flexibility index (Phi) is 7.17. The molecule has 3 heteroatoms. The minimum atomic E-state index is 0.299. The highest BCUT2D eigenvalue weighted by molar-refractivity contribution is 9.10. The molecule has 19 heavy (non-hydrogen) atoms. The molecular formula is C16H24BrNO. The van der Waals surface area contributed by atoms with Crippen LogP contribution in [-0.4, -0.2) is 13.2 Å². The van der Waals surface area contributed by atoms with Crippen LogP contribution in [0.15, 0.2) is 34.8 Å². The second-order valence-corrected chi connectivity index (χ2v) is 5.83. The zero-order valence-corrected chi connectivity index (χ0v) is 13.7. The van der Waals surface area contributed by atoms with Gasteiger partial charge in [0.1, 0.15) is 5.75 Å². The Labute approximate surface area is 125 Å². The van der Waals surface area contributed by atoms with Crippen molar-refractivity contribution in [3.63, 3.8) is 0 Å². The quantitative estimate of drug-likeness (QED) is 0.689. The largest absolute Gasteiger partial charge is 0.493 e. The van der Waals surface area contributed by atoms with Crippen molar-refractivity contribution in [3.05, 3.63) is 40.4 Å². The zero-order chi connectivity index (χ0) is 14.3. The average Bonchev–Trinajstić information content (AvgIpc) is 2.35. The molecule has 1 aromatic rings. The molecule has 0 saturated heterocycles. The van der Waals surface area contributed by atoms with Crippen molar-refractivity contribution >= 4 is 15.9 Å². The number of hydrogen-bond donors (Lipinski definition) is 1. The van der Waals surface area contributed by atoms with Gasteiger partial charge in [0.05, 0.1) is 6.61 Å². The second-order valence-electron chi connectivity index (χ2n) is 4.91. The van der Waals surface area contributed by atoms with Gasteiger partial charge in [0, 0.05) is 22.5 Å². The summed E-state index contributed by atoms with van der Waals surface area (Å²) in [5, 5.41) is 3.49. The molecule has 2 nitrogen and oxygen atoms in total. The van der Waals surface area contributed by atoms with Gasteiger partial charge in [-0.05, 0) is 38.9 Å². The molecule has 0 aliphatic heterocycles. The first-order chi connectivity index (χ1) is 9.04.